The highest BCUT2D eigenvalue weighted by atomic mass is 35.5. The number of rotatable bonds is 2. The number of hydrogen-bond acceptors (Lipinski definition) is 3. The lowest BCUT2D eigenvalue weighted by Gasteiger charge is -2.03. The second kappa shape index (κ2) is 3.75. The first-order valence-corrected chi connectivity index (χ1v) is 4.35. The van der Waals surface area contributed by atoms with Gasteiger partial charge in [-0.05, 0) is 18.2 Å². The minimum atomic E-state index is -2.36. The van der Waals surface area contributed by atoms with Crippen molar-refractivity contribution in [2.75, 3.05) is 5.73 Å². The van der Waals surface area contributed by atoms with Crippen LogP contribution in [0, 0.1) is 0 Å². The van der Waals surface area contributed by atoms with E-state index in [9.17, 15) is 4.21 Å². The molecule has 0 aliphatic rings. The molecule has 0 saturated carbocycles. The van der Waals surface area contributed by atoms with Crippen LogP contribution in [-0.2, 0) is 11.4 Å². The Bertz CT molecular complexity index is 318. The zero-order valence-corrected chi connectivity index (χ0v) is 7.43. The molecule has 0 fully saturated rings. The molecule has 0 amide bonds. The van der Waals surface area contributed by atoms with Crippen LogP contribution < -0.4 is 9.92 Å². The maximum atomic E-state index is 10.2. The first kappa shape index (κ1) is 9.31. The molecule has 0 heterocycles. The minimum absolute atomic E-state index is 0.139. The fourth-order valence-corrected chi connectivity index (χ4v) is 1.16. The van der Waals surface area contributed by atoms with Crippen molar-refractivity contribution in [3.63, 3.8) is 0 Å². The summed E-state index contributed by atoms with van der Waals surface area (Å²) in [4.78, 5) is 0. The second-order valence-electron chi connectivity index (χ2n) is 1.98. The monoisotopic (exact) mass is 207 g/mol. The summed E-state index contributed by atoms with van der Waals surface area (Å²) in [5, 5.41) is 0.448. The molecule has 1 unspecified atom stereocenters. The maximum absolute atomic E-state index is 10.2. The van der Waals surface area contributed by atoms with E-state index in [1.807, 2.05) is 0 Å². The Balaban J connectivity index is 2.93. The lowest BCUT2D eigenvalue weighted by molar-refractivity contribution is 0.459. The smallest absolute Gasteiger partial charge is 0.357 e. The van der Waals surface area contributed by atoms with Crippen molar-refractivity contribution in [1.29, 1.82) is 0 Å². The summed E-state index contributed by atoms with van der Waals surface area (Å²) in [7, 11) is 0. The Hall–Kier alpha value is -0.780. The van der Waals surface area contributed by atoms with E-state index in [1.54, 1.807) is 0 Å². The van der Waals surface area contributed by atoms with Crippen LogP contribution in [-0.4, -0.2) is 8.76 Å². The Morgan fingerprint density at radius 3 is 2.75 bits per heavy atom. The van der Waals surface area contributed by atoms with Crippen molar-refractivity contribution in [2.24, 2.45) is 0 Å². The molecular weight excluding hydrogens is 202 g/mol. The molecule has 1 aromatic rings. The third kappa shape index (κ3) is 2.37. The molecule has 0 aliphatic carbocycles. The van der Waals surface area contributed by atoms with Crippen LogP contribution in [0.2, 0.25) is 5.02 Å². The second-order valence-corrected chi connectivity index (χ2v) is 3.02. The van der Waals surface area contributed by atoms with Gasteiger partial charge >= 0.3 is 11.4 Å². The number of nitrogens with two attached hydrogens (primary N) is 1. The molecule has 0 radical (unpaired) electrons. The van der Waals surface area contributed by atoms with E-state index in [0.29, 0.717) is 5.02 Å². The van der Waals surface area contributed by atoms with E-state index in [1.165, 1.54) is 18.2 Å². The molecule has 6 heteroatoms. The van der Waals surface area contributed by atoms with E-state index in [4.69, 9.17) is 21.9 Å². The fraction of sp³-hybridized carbons (Fsp3) is 0. The fourth-order valence-electron chi connectivity index (χ4n) is 0.672. The number of halogens is 1. The van der Waals surface area contributed by atoms with Crippen molar-refractivity contribution in [3.8, 4) is 5.75 Å². The Morgan fingerprint density at radius 2 is 2.25 bits per heavy atom. The van der Waals surface area contributed by atoms with Crippen molar-refractivity contribution in [3.05, 3.63) is 23.2 Å². The molecule has 1 aromatic carbocycles. The molecule has 1 rings (SSSR count). The highest BCUT2D eigenvalue weighted by Crippen LogP contribution is 2.25. The number of benzene rings is 1. The van der Waals surface area contributed by atoms with Crippen LogP contribution in [0.15, 0.2) is 18.2 Å². The average Bonchev–Trinajstić information content (AvgIpc) is 1.94. The van der Waals surface area contributed by atoms with Gasteiger partial charge < -0.3 is 9.92 Å². The third-order valence-electron chi connectivity index (χ3n) is 1.13. The van der Waals surface area contributed by atoms with Crippen LogP contribution in [0.3, 0.4) is 0 Å². The van der Waals surface area contributed by atoms with Crippen LogP contribution >= 0.6 is 11.6 Å². The van der Waals surface area contributed by atoms with Crippen LogP contribution in [0.4, 0.5) is 5.69 Å². The maximum Gasteiger partial charge on any atom is 0.357 e. The first-order valence-electron chi connectivity index (χ1n) is 2.94. The van der Waals surface area contributed by atoms with Gasteiger partial charge in [0.25, 0.3) is 0 Å². The van der Waals surface area contributed by atoms with E-state index in [-0.39, 0.29) is 11.4 Å². The summed E-state index contributed by atoms with van der Waals surface area (Å²) in [6.45, 7) is 0. The van der Waals surface area contributed by atoms with Crippen molar-refractivity contribution in [2.45, 2.75) is 0 Å². The van der Waals surface area contributed by atoms with E-state index in [0.717, 1.165) is 0 Å². The Labute approximate surface area is 76.8 Å². The lowest BCUT2D eigenvalue weighted by Crippen LogP contribution is -2.00. The molecule has 66 valence electrons. The van der Waals surface area contributed by atoms with Crippen molar-refractivity contribution < 1.29 is 12.9 Å². The SMILES string of the molecule is Nc1cc(Cl)ccc1OS(=O)O. The summed E-state index contributed by atoms with van der Waals surface area (Å²) in [6, 6.07) is 4.37. The highest BCUT2D eigenvalue weighted by molar-refractivity contribution is 7.74. The molecule has 0 bridgehead atoms. The van der Waals surface area contributed by atoms with Crippen LogP contribution in [0.1, 0.15) is 0 Å². The summed E-state index contributed by atoms with van der Waals surface area (Å²) < 4.78 is 23.0. The van der Waals surface area contributed by atoms with E-state index >= 15 is 0 Å². The summed E-state index contributed by atoms with van der Waals surface area (Å²) >= 11 is 3.22. The Morgan fingerprint density at radius 1 is 1.58 bits per heavy atom. The zero-order valence-electron chi connectivity index (χ0n) is 5.86. The molecule has 0 aromatic heterocycles. The number of hydrogen-bond donors (Lipinski definition) is 2. The predicted octanol–water partition coefficient (Wildman–Crippen LogP) is 1.44. The van der Waals surface area contributed by atoms with Crippen molar-refractivity contribution >= 4 is 28.6 Å². The zero-order chi connectivity index (χ0) is 9.14. The minimum Gasteiger partial charge on any atom is -0.396 e. The molecule has 0 saturated heterocycles. The molecular formula is C6H6ClNO3S. The van der Waals surface area contributed by atoms with Gasteiger partial charge in [-0.2, -0.15) is 4.21 Å². The van der Waals surface area contributed by atoms with Crippen molar-refractivity contribution in [1.82, 2.24) is 0 Å². The van der Waals surface area contributed by atoms with E-state index < -0.39 is 11.4 Å². The first-order chi connectivity index (χ1) is 5.59. The van der Waals surface area contributed by atoms with Gasteiger partial charge in [-0.25, -0.2) is 0 Å². The third-order valence-corrected chi connectivity index (χ3v) is 1.69. The Kier molecular flexibility index (Phi) is 2.91. The number of nitrogen functional groups attached to an aromatic ring is 1. The normalized spacial score (nSPS) is 12.5. The van der Waals surface area contributed by atoms with Gasteiger partial charge in [0, 0.05) is 5.02 Å². The molecule has 12 heavy (non-hydrogen) atoms. The molecule has 4 nitrogen and oxygen atoms in total. The molecule has 0 spiro atoms. The van der Waals surface area contributed by atoms with Crippen LogP contribution in [0.25, 0.3) is 0 Å². The van der Waals surface area contributed by atoms with Gasteiger partial charge in [-0.15, -0.1) is 0 Å². The standard InChI is InChI=1S/C6H6ClNO3S/c7-4-1-2-6(5(8)3-4)11-12(9)10/h1-3H,8H2,(H,9,10). The van der Waals surface area contributed by atoms with Gasteiger partial charge in [0.15, 0.2) is 5.75 Å². The molecule has 0 aliphatic heterocycles. The average molecular weight is 208 g/mol. The van der Waals surface area contributed by atoms with Gasteiger partial charge in [-0.3, -0.25) is 4.55 Å². The molecule has 3 N–H and O–H groups in total. The summed E-state index contributed by atoms with van der Waals surface area (Å²) in [6.07, 6.45) is 0. The lowest BCUT2D eigenvalue weighted by atomic mass is 10.3. The van der Waals surface area contributed by atoms with Gasteiger partial charge in [0.05, 0.1) is 5.69 Å². The van der Waals surface area contributed by atoms with Gasteiger partial charge in [0.2, 0.25) is 0 Å². The van der Waals surface area contributed by atoms with E-state index in [2.05, 4.69) is 4.18 Å². The molecule has 1 atom stereocenters. The van der Waals surface area contributed by atoms with Gasteiger partial charge in [0.1, 0.15) is 0 Å². The van der Waals surface area contributed by atoms with Gasteiger partial charge in [-0.1, -0.05) is 11.6 Å². The van der Waals surface area contributed by atoms with Crippen LogP contribution in [0.5, 0.6) is 5.75 Å². The number of anilines is 1. The topological polar surface area (TPSA) is 72.5 Å². The highest BCUT2D eigenvalue weighted by Gasteiger charge is 2.03. The largest absolute Gasteiger partial charge is 0.396 e. The quantitative estimate of drug-likeness (QED) is 0.569. The summed E-state index contributed by atoms with van der Waals surface area (Å²) in [5.41, 5.74) is 5.64. The summed E-state index contributed by atoms with van der Waals surface area (Å²) in [5.74, 6) is 0.139. The predicted molar refractivity (Wildman–Crippen MR) is 47.3 cm³/mol.